The molecular weight excluding hydrogens is 196 g/mol. The van der Waals surface area contributed by atoms with Crippen LogP contribution in [0.3, 0.4) is 0 Å². The predicted molar refractivity (Wildman–Crippen MR) is 52.3 cm³/mol. The highest BCUT2D eigenvalue weighted by Crippen LogP contribution is 2.17. The molecule has 7 nitrogen and oxygen atoms in total. The van der Waals surface area contributed by atoms with E-state index < -0.39 is 5.66 Å². The SMILES string of the molecule is OCCC1(c2ncncn2)NCNCN1. The first kappa shape index (κ1) is 10.4. The molecule has 0 spiro atoms. The second-order valence-electron chi connectivity index (χ2n) is 3.30. The number of rotatable bonds is 3. The lowest BCUT2D eigenvalue weighted by molar-refractivity contribution is 0.136. The maximum Gasteiger partial charge on any atom is 0.166 e. The number of hydrogen-bond donors (Lipinski definition) is 4. The van der Waals surface area contributed by atoms with Crippen molar-refractivity contribution >= 4 is 0 Å². The summed E-state index contributed by atoms with van der Waals surface area (Å²) in [6, 6.07) is 0. The zero-order chi connectivity index (χ0) is 10.6. The molecule has 0 aromatic carbocycles. The van der Waals surface area contributed by atoms with E-state index in [1.165, 1.54) is 12.7 Å². The van der Waals surface area contributed by atoms with Gasteiger partial charge in [-0.2, -0.15) is 0 Å². The van der Waals surface area contributed by atoms with E-state index in [0.29, 0.717) is 25.6 Å². The second kappa shape index (κ2) is 4.58. The number of aliphatic hydroxyl groups excluding tert-OH is 1. The van der Waals surface area contributed by atoms with Crippen LogP contribution >= 0.6 is 0 Å². The van der Waals surface area contributed by atoms with Gasteiger partial charge in [-0.15, -0.1) is 0 Å². The predicted octanol–water partition coefficient (Wildman–Crippen LogP) is -1.90. The smallest absolute Gasteiger partial charge is 0.166 e. The monoisotopic (exact) mass is 210 g/mol. The van der Waals surface area contributed by atoms with Gasteiger partial charge in [0.25, 0.3) is 0 Å². The molecule has 7 heteroatoms. The Labute approximate surface area is 87.4 Å². The van der Waals surface area contributed by atoms with Gasteiger partial charge in [0.2, 0.25) is 0 Å². The summed E-state index contributed by atoms with van der Waals surface area (Å²) >= 11 is 0. The van der Waals surface area contributed by atoms with Gasteiger partial charge >= 0.3 is 0 Å². The summed E-state index contributed by atoms with van der Waals surface area (Å²) in [6.45, 7) is 1.36. The molecule has 0 bridgehead atoms. The minimum Gasteiger partial charge on any atom is -0.396 e. The van der Waals surface area contributed by atoms with E-state index in [-0.39, 0.29) is 6.61 Å². The topological polar surface area (TPSA) is 95.0 Å². The van der Waals surface area contributed by atoms with Crippen molar-refractivity contribution in [3.8, 4) is 0 Å². The first-order valence-corrected chi connectivity index (χ1v) is 4.81. The van der Waals surface area contributed by atoms with Crippen LogP contribution in [0.15, 0.2) is 12.7 Å². The normalized spacial score (nSPS) is 20.1. The summed E-state index contributed by atoms with van der Waals surface area (Å²) < 4.78 is 0. The second-order valence-corrected chi connectivity index (χ2v) is 3.30. The summed E-state index contributed by atoms with van der Waals surface area (Å²) in [5.41, 5.74) is -0.553. The van der Waals surface area contributed by atoms with E-state index in [0.717, 1.165) is 0 Å². The van der Waals surface area contributed by atoms with Gasteiger partial charge in [0.05, 0.1) is 0 Å². The lowest BCUT2D eigenvalue weighted by atomic mass is 10.1. The number of aliphatic hydroxyl groups is 1. The molecule has 1 saturated heterocycles. The van der Waals surface area contributed by atoms with Crippen molar-refractivity contribution in [2.45, 2.75) is 12.1 Å². The van der Waals surface area contributed by atoms with Crippen molar-refractivity contribution < 1.29 is 5.11 Å². The lowest BCUT2D eigenvalue weighted by Crippen LogP contribution is -2.64. The van der Waals surface area contributed by atoms with Gasteiger partial charge in [0.1, 0.15) is 18.3 Å². The zero-order valence-corrected chi connectivity index (χ0v) is 8.27. The Morgan fingerprint density at radius 3 is 2.53 bits per heavy atom. The first-order chi connectivity index (χ1) is 7.37. The molecule has 0 atom stereocenters. The average Bonchev–Trinajstić information content (AvgIpc) is 2.32. The van der Waals surface area contributed by atoms with Crippen LogP contribution in [0.4, 0.5) is 0 Å². The molecule has 4 N–H and O–H groups in total. The highest BCUT2D eigenvalue weighted by Gasteiger charge is 2.35. The van der Waals surface area contributed by atoms with Crippen LogP contribution in [-0.2, 0) is 5.66 Å². The Morgan fingerprint density at radius 1 is 1.27 bits per heavy atom. The quantitative estimate of drug-likeness (QED) is 0.463. The van der Waals surface area contributed by atoms with Gasteiger partial charge in [0.15, 0.2) is 5.82 Å². The molecule has 0 unspecified atom stereocenters. The maximum atomic E-state index is 9.07. The Morgan fingerprint density at radius 2 is 1.93 bits per heavy atom. The lowest BCUT2D eigenvalue weighted by Gasteiger charge is -2.37. The minimum atomic E-state index is -0.553. The van der Waals surface area contributed by atoms with Gasteiger partial charge in [0, 0.05) is 26.4 Å². The number of nitrogens with zero attached hydrogens (tertiary/aromatic N) is 3. The Bertz CT molecular complexity index is 294. The van der Waals surface area contributed by atoms with E-state index in [1.54, 1.807) is 0 Å². The van der Waals surface area contributed by atoms with E-state index >= 15 is 0 Å². The van der Waals surface area contributed by atoms with Crippen LogP contribution in [0.2, 0.25) is 0 Å². The molecule has 1 aromatic rings. The third-order valence-electron chi connectivity index (χ3n) is 2.39. The first-order valence-electron chi connectivity index (χ1n) is 4.81. The molecule has 1 aliphatic rings. The van der Waals surface area contributed by atoms with Gasteiger partial charge < -0.3 is 5.11 Å². The summed E-state index contributed by atoms with van der Waals surface area (Å²) in [6.07, 6.45) is 3.42. The van der Waals surface area contributed by atoms with Gasteiger partial charge in [-0.25, -0.2) is 15.0 Å². The average molecular weight is 210 g/mol. The summed E-state index contributed by atoms with van der Waals surface area (Å²) in [4.78, 5) is 12.0. The molecule has 2 heterocycles. The summed E-state index contributed by atoms with van der Waals surface area (Å²) in [7, 11) is 0. The summed E-state index contributed by atoms with van der Waals surface area (Å²) in [5.74, 6) is 0.605. The van der Waals surface area contributed by atoms with Crippen molar-refractivity contribution in [2.24, 2.45) is 0 Å². The van der Waals surface area contributed by atoms with E-state index in [4.69, 9.17) is 5.11 Å². The van der Waals surface area contributed by atoms with Crippen molar-refractivity contribution in [1.29, 1.82) is 0 Å². The molecule has 15 heavy (non-hydrogen) atoms. The number of aromatic nitrogens is 3. The standard InChI is InChI=1S/C8H14N6O/c15-2-1-8(13-5-10-6-14-8)7-11-3-9-4-12-7/h3-4,10,13-15H,1-2,5-6H2. The van der Waals surface area contributed by atoms with Crippen molar-refractivity contribution in [3.63, 3.8) is 0 Å². The van der Waals surface area contributed by atoms with Crippen LogP contribution in [0.1, 0.15) is 12.2 Å². The fourth-order valence-corrected chi connectivity index (χ4v) is 1.63. The fraction of sp³-hybridized carbons (Fsp3) is 0.625. The van der Waals surface area contributed by atoms with Gasteiger partial charge in [-0.05, 0) is 0 Å². The Balaban J connectivity index is 2.25. The minimum absolute atomic E-state index is 0.0612. The summed E-state index contributed by atoms with van der Waals surface area (Å²) in [5, 5.41) is 18.6. The molecule has 1 aliphatic heterocycles. The third kappa shape index (κ3) is 2.10. The van der Waals surface area contributed by atoms with E-state index in [9.17, 15) is 0 Å². The van der Waals surface area contributed by atoms with Crippen molar-refractivity contribution in [2.75, 3.05) is 19.9 Å². The molecule has 0 radical (unpaired) electrons. The molecule has 0 saturated carbocycles. The molecule has 82 valence electrons. The van der Waals surface area contributed by atoms with Crippen LogP contribution in [0.5, 0.6) is 0 Å². The highest BCUT2D eigenvalue weighted by atomic mass is 16.3. The van der Waals surface area contributed by atoms with Crippen LogP contribution in [0.25, 0.3) is 0 Å². The zero-order valence-electron chi connectivity index (χ0n) is 8.27. The molecule has 1 aromatic heterocycles. The van der Waals surface area contributed by atoms with Crippen molar-refractivity contribution in [3.05, 3.63) is 18.5 Å². The molecule has 1 fully saturated rings. The number of hydrogen-bond acceptors (Lipinski definition) is 7. The van der Waals surface area contributed by atoms with Crippen molar-refractivity contribution in [1.82, 2.24) is 30.9 Å². The fourth-order valence-electron chi connectivity index (χ4n) is 1.63. The van der Waals surface area contributed by atoms with Crippen LogP contribution in [-0.4, -0.2) is 40.0 Å². The Kier molecular flexibility index (Phi) is 3.17. The maximum absolute atomic E-state index is 9.07. The molecular formula is C8H14N6O. The number of nitrogens with one attached hydrogen (secondary N) is 3. The van der Waals surface area contributed by atoms with E-state index in [1.807, 2.05) is 0 Å². The van der Waals surface area contributed by atoms with Gasteiger partial charge in [-0.3, -0.25) is 16.0 Å². The highest BCUT2D eigenvalue weighted by molar-refractivity contribution is 5.04. The largest absolute Gasteiger partial charge is 0.396 e. The van der Waals surface area contributed by atoms with Gasteiger partial charge in [-0.1, -0.05) is 0 Å². The van der Waals surface area contributed by atoms with Crippen LogP contribution in [0, 0.1) is 0 Å². The molecule has 0 amide bonds. The van der Waals surface area contributed by atoms with Crippen LogP contribution < -0.4 is 16.0 Å². The molecule has 0 aliphatic carbocycles. The Hall–Kier alpha value is -1.15. The van der Waals surface area contributed by atoms with E-state index in [2.05, 4.69) is 30.9 Å². The third-order valence-corrected chi connectivity index (χ3v) is 2.39. The molecule has 2 rings (SSSR count).